The van der Waals surface area contributed by atoms with Crippen LogP contribution in [0.15, 0.2) is 41.0 Å². The van der Waals surface area contributed by atoms with Gasteiger partial charge in [-0.05, 0) is 38.7 Å². The van der Waals surface area contributed by atoms with Gasteiger partial charge in [-0.25, -0.2) is 4.98 Å². The number of carbonyl (C=O) groups is 2. The highest BCUT2D eigenvalue weighted by Gasteiger charge is 2.22. The molecule has 2 amide bonds. The second kappa shape index (κ2) is 10.6. The maximum atomic E-state index is 12.8. The average molecular weight is 386 g/mol. The molecule has 2 aromatic rings. The zero-order valence-corrected chi connectivity index (χ0v) is 17.3. The molecular formula is C22H31N3O3. The van der Waals surface area contributed by atoms with Crippen molar-refractivity contribution in [3.63, 3.8) is 0 Å². The second-order valence-corrected chi connectivity index (χ2v) is 7.17. The number of hydrogen-bond donors (Lipinski definition) is 1. The fourth-order valence-electron chi connectivity index (χ4n) is 2.78. The van der Waals surface area contributed by atoms with E-state index in [9.17, 15) is 9.59 Å². The first-order valence-electron chi connectivity index (χ1n) is 10.0. The van der Waals surface area contributed by atoms with Crippen molar-refractivity contribution < 1.29 is 14.0 Å². The highest BCUT2D eigenvalue weighted by molar-refractivity contribution is 5.92. The third-order valence-corrected chi connectivity index (χ3v) is 4.99. The average Bonchev–Trinajstić information content (AvgIpc) is 3.19. The molecule has 1 aromatic carbocycles. The van der Waals surface area contributed by atoms with Crippen molar-refractivity contribution in [1.29, 1.82) is 0 Å². The van der Waals surface area contributed by atoms with Gasteiger partial charge in [0.1, 0.15) is 6.26 Å². The summed E-state index contributed by atoms with van der Waals surface area (Å²) in [5.74, 6) is 0.180. The lowest BCUT2D eigenvalue weighted by atomic mass is 10.1. The van der Waals surface area contributed by atoms with Gasteiger partial charge in [0.15, 0.2) is 5.69 Å². The van der Waals surface area contributed by atoms with E-state index in [2.05, 4.69) is 10.3 Å². The monoisotopic (exact) mass is 385 g/mol. The fourth-order valence-corrected chi connectivity index (χ4v) is 2.78. The molecule has 0 aliphatic carbocycles. The van der Waals surface area contributed by atoms with Crippen LogP contribution in [-0.2, 0) is 17.8 Å². The van der Waals surface area contributed by atoms with Crippen molar-refractivity contribution in [1.82, 2.24) is 15.2 Å². The highest BCUT2D eigenvalue weighted by Crippen LogP contribution is 2.14. The number of benzene rings is 1. The first kappa shape index (κ1) is 21.7. The number of aryl methyl sites for hydroxylation is 1. The van der Waals surface area contributed by atoms with Gasteiger partial charge in [-0.3, -0.25) is 9.59 Å². The van der Waals surface area contributed by atoms with Crippen LogP contribution in [0.1, 0.15) is 68.9 Å². The Bertz CT molecular complexity index is 757. The van der Waals surface area contributed by atoms with Crippen LogP contribution in [0, 0.1) is 0 Å². The molecule has 0 saturated heterocycles. The molecule has 0 aliphatic heterocycles. The molecule has 2 atom stereocenters. The normalized spacial score (nSPS) is 13.0. The lowest BCUT2D eigenvalue weighted by Crippen LogP contribution is -2.38. The lowest BCUT2D eigenvalue weighted by Gasteiger charge is -2.27. The topological polar surface area (TPSA) is 75.4 Å². The Labute approximate surface area is 167 Å². The molecular weight excluding hydrogens is 354 g/mol. The van der Waals surface area contributed by atoms with Crippen LogP contribution < -0.4 is 5.32 Å². The summed E-state index contributed by atoms with van der Waals surface area (Å²) < 4.78 is 5.47. The number of nitrogens with zero attached hydrogens (tertiary/aromatic N) is 2. The van der Waals surface area contributed by atoms with E-state index in [4.69, 9.17) is 4.42 Å². The number of nitrogens with one attached hydrogen (secondary N) is 1. The van der Waals surface area contributed by atoms with Crippen molar-refractivity contribution in [2.24, 2.45) is 0 Å². The largest absolute Gasteiger partial charge is 0.446 e. The van der Waals surface area contributed by atoms with Gasteiger partial charge < -0.3 is 14.6 Å². The summed E-state index contributed by atoms with van der Waals surface area (Å²) in [5.41, 5.74) is 1.39. The molecule has 1 heterocycles. The molecule has 1 N–H and O–H groups in total. The number of aromatic nitrogens is 1. The summed E-state index contributed by atoms with van der Waals surface area (Å²) in [6.45, 7) is 8.26. The zero-order valence-electron chi connectivity index (χ0n) is 17.3. The number of hydrogen-bond acceptors (Lipinski definition) is 4. The Morgan fingerprint density at radius 2 is 1.86 bits per heavy atom. The van der Waals surface area contributed by atoms with Gasteiger partial charge in [0, 0.05) is 18.5 Å². The minimum atomic E-state index is -0.255. The molecule has 152 valence electrons. The van der Waals surface area contributed by atoms with Crippen LogP contribution in [0.3, 0.4) is 0 Å². The Kier molecular flexibility index (Phi) is 8.23. The van der Waals surface area contributed by atoms with Crippen molar-refractivity contribution in [2.45, 2.75) is 72.0 Å². The number of amides is 2. The van der Waals surface area contributed by atoms with E-state index in [0.29, 0.717) is 18.7 Å². The molecule has 2 rings (SSSR count). The first-order chi connectivity index (χ1) is 13.4. The Balaban J connectivity index is 2.01. The predicted octanol–water partition coefficient (Wildman–Crippen LogP) is 3.96. The molecule has 6 nitrogen and oxygen atoms in total. The van der Waals surface area contributed by atoms with Crippen LogP contribution in [0.4, 0.5) is 0 Å². The first-order valence-corrected chi connectivity index (χ1v) is 10.0. The van der Waals surface area contributed by atoms with Crippen LogP contribution in [0.25, 0.3) is 0 Å². The van der Waals surface area contributed by atoms with Gasteiger partial charge >= 0.3 is 0 Å². The van der Waals surface area contributed by atoms with Crippen LogP contribution in [0.5, 0.6) is 0 Å². The van der Waals surface area contributed by atoms with Crippen molar-refractivity contribution in [3.05, 3.63) is 53.7 Å². The van der Waals surface area contributed by atoms with Crippen molar-refractivity contribution in [2.75, 3.05) is 0 Å². The van der Waals surface area contributed by atoms with Gasteiger partial charge in [-0.2, -0.15) is 0 Å². The third kappa shape index (κ3) is 6.22. The van der Waals surface area contributed by atoms with E-state index in [1.807, 2.05) is 58.0 Å². The van der Waals surface area contributed by atoms with Gasteiger partial charge in [0.2, 0.25) is 11.8 Å². The molecule has 0 unspecified atom stereocenters. The number of rotatable bonds is 10. The van der Waals surface area contributed by atoms with Gasteiger partial charge in [0.25, 0.3) is 5.91 Å². The minimum absolute atomic E-state index is 0.0574. The predicted molar refractivity (Wildman–Crippen MR) is 109 cm³/mol. The van der Waals surface area contributed by atoms with E-state index in [1.54, 1.807) is 4.90 Å². The summed E-state index contributed by atoms with van der Waals surface area (Å²) >= 11 is 0. The lowest BCUT2D eigenvalue weighted by molar-refractivity contribution is -0.134. The van der Waals surface area contributed by atoms with E-state index in [0.717, 1.165) is 18.4 Å². The molecule has 1 aromatic heterocycles. The van der Waals surface area contributed by atoms with E-state index >= 15 is 0 Å². The number of carbonyl (C=O) groups excluding carboxylic acids is 2. The van der Waals surface area contributed by atoms with Gasteiger partial charge in [-0.1, -0.05) is 44.2 Å². The van der Waals surface area contributed by atoms with E-state index < -0.39 is 0 Å². The molecule has 0 aliphatic rings. The summed E-state index contributed by atoms with van der Waals surface area (Å²) in [7, 11) is 0. The molecule has 6 heteroatoms. The smallest absolute Gasteiger partial charge is 0.273 e. The maximum absolute atomic E-state index is 12.8. The van der Waals surface area contributed by atoms with Crippen molar-refractivity contribution >= 4 is 11.8 Å². The molecule has 0 fully saturated rings. The summed E-state index contributed by atoms with van der Waals surface area (Å²) in [6, 6.07) is 10.1. The van der Waals surface area contributed by atoms with Crippen LogP contribution in [0.2, 0.25) is 0 Å². The minimum Gasteiger partial charge on any atom is -0.446 e. The Morgan fingerprint density at radius 3 is 2.50 bits per heavy atom. The summed E-state index contributed by atoms with van der Waals surface area (Å²) in [6.07, 6.45) is 4.15. The van der Waals surface area contributed by atoms with Gasteiger partial charge in [-0.15, -0.1) is 0 Å². The van der Waals surface area contributed by atoms with Gasteiger partial charge in [0.05, 0.1) is 6.54 Å². The van der Waals surface area contributed by atoms with Crippen molar-refractivity contribution in [3.8, 4) is 0 Å². The zero-order chi connectivity index (χ0) is 20.5. The molecule has 0 spiro atoms. The van der Waals surface area contributed by atoms with E-state index in [-0.39, 0.29) is 36.1 Å². The highest BCUT2D eigenvalue weighted by atomic mass is 16.3. The molecule has 28 heavy (non-hydrogen) atoms. The Hall–Kier alpha value is -2.63. The standard InChI is InChI=1S/C22H31N3O3/c1-5-16(3)23-22(27)19-15-28-20(24-19)14-25(17(4)6-2)21(26)13-12-18-10-8-7-9-11-18/h7-11,15-17H,5-6,12-14H2,1-4H3,(H,23,27)/t16-,17+/m1/s1. The Morgan fingerprint density at radius 1 is 1.14 bits per heavy atom. The second-order valence-electron chi connectivity index (χ2n) is 7.17. The van der Waals surface area contributed by atoms with Crippen LogP contribution >= 0.6 is 0 Å². The summed E-state index contributed by atoms with van der Waals surface area (Å²) in [4.78, 5) is 31.1. The number of oxazole rings is 1. The maximum Gasteiger partial charge on any atom is 0.273 e. The third-order valence-electron chi connectivity index (χ3n) is 4.99. The van der Waals surface area contributed by atoms with Crippen LogP contribution in [-0.4, -0.2) is 33.8 Å². The van der Waals surface area contributed by atoms with E-state index in [1.165, 1.54) is 6.26 Å². The quantitative estimate of drug-likeness (QED) is 0.672. The molecule has 0 bridgehead atoms. The summed E-state index contributed by atoms with van der Waals surface area (Å²) in [5, 5.41) is 2.87. The fraction of sp³-hybridized carbons (Fsp3) is 0.500. The molecule has 0 saturated carbocycles. The molecule has 0 radical (unpaired) electrons. The SMILES string of the molecule is CC[C@@H](C)NC(=O)c1coc(CN(C(=O)CCc2ccccc2)[C@@H](C)CC)n1.